The molecule has 0 radical (unpaired) electrons. The second kappa shape index (κ2) is 4.74. The molecule has 0 aliphatic carbocycles. The Kier molecular flexibility index (Phi) is 3.45. The molecule has 1 amide bonds. The number of nitrogens with zero attached hydrogens (tertiary/aromatic N) is 1. The summed E-state index contributed by atoms with van der Waals surface area (Å²) in [5, 5.41) is 5.00. The van der Waals surface area contributed by atoms with Crippen molar-refractivity contribution in [3.05, 3.63) is 18.0 Å². The van der Waals surface area contributed by atoms with Gasteiger partial charge in [-0.15, -0.1) is 0 Å². The number of amides is 1. The quantitative estimate of drug-likeness (QED) is 0.821. The number of carbonyl (C=O) groups excluding carboxylic acids is 1. The number of nitrogens with one attached hydrogen (secondary N) is 1. The Hall–Kier alpha value is -1.34. The Labute approximate surface area is 106 Å². The molecule has 2 rings (SSSR count). The molecule has 7 heteroatoms. The number of rotatable bonds is 2. The molecule has 0 bridgehead atoms. The molecule has 100 valence electrons. The Morgan fingerprint density at radius 3 is 2.83 bits per heavy atom. The van der Waals surface area contributed by atoms with Crippen LogP contribution in [0.5, 0.6) is 0 Å². The van der Waals surface area contributed by atoms with Gasteiger partial charge < -0.3 is 9.88 Å². The van der Waals surface area contributed by atoms with E-state index in [1.807, 2.05) is 0 Å². The predicted octanol–water partition coefficient (Wildman–Crippen LogP) is 0.534. The number of nitrogens with two attached hydrogens (primary N) is 1. The summed E-state index contributed by atoms with van der Waals surface area (Å²) < 4.78 is 22.3. The summed E-state index contributed by atoms with van der Waals surface area (Å²) in [5.74, 6) is 0.312. The lowest BCUT2D eigenvalue weighted by molar-refractivity contribution is 0.0677. The van der Waals surface area contributed by atoms with Crippen LogP contribution in [0.2, 0.25) is 0 Å². The van der Waals surface area contributed by atoms with Crippen LogP contribution in [0, 0.1) is 5.92 Å². The number of likely N-dealkylation sites (tertiary alicyclic amines) is 1. The average Bonchev–Trinajstić information content (AvgIpc) is 2.77. The largest absolute Gasteiger partial charge is 0.356 e. The smallest absolute Gasteiger partial charge is 0.270 e. The molecule has 1 saturated heterocycles. The molecule has 1 aromatic rings. The van der Waals surface area contributed by atoms with Gasteiger partial charge in [-0.3, -0.25) is 4.79 Å². The number of H-pyrrole nitrogens is 1. The number of aromatic amines is 1. The van der Waals surface area contributed by atoms with Crippen LogP contribution in [-0.2, 0) is 10.0 Å². The molecule has 1 fully saturated rings. The molecule has 1 aliphatic rings. The van der Waals surface area contributed by atoms with E-state index >= 15 is 0 Å². The fraction of sp³-hybridized carbons (Fsp3) is 0.545. The van der Waals surface area contributed by atoms with Gasteiger partial charge in [0, 0.05) is 19.3 Å². The normalized spacial score (nSPS) is 21.0. The van der Waals surface area contributed by atoms with Crippen LogP contribution in [0.15, 0.2) is 17.2 Å². The predicted molar refractivity (Wildman–Crippen MR) is 66.5 cm³/mol. The van der Waals surface area contributed by atoms with E-state index in [0.717, 1.165) is 12.8 Å². The first kappa shape index (κ1) is 13.1. The molecular weight excluding hydrogens is 254 g/mol. The number of hydrogen-bond acceptors (Lipinski definition) is 3. The van der Waals surface area contributed by atoms with Gasteiger partial charge in [0.15, 0.2) is 0 Å². The van der Waals surface area contributed by atoms with Crippen LogP contribution >= 0.6 is 0 Å². The van der Waals surface area contributed by atoms with E-state index in [9.17, 15) is 13.2 Å². The van der Waals surface area contributed by atoms with Gasteiger partial charge in [-0.2, -0.15) is 0 Å². The average molecular weight is 271 g/mol. The Balaban J connectivity index is 2.16. The van der Waals surface area contributed by atoms with E-state index in [4.69, 9.17) is 5.14 Å². The fourth-order valence-corrected chi connectivity index (χ4v) is 2.71. The van der Waals surface area contributed by atoms with E-state index in [-0.39, 0.29) is 16.5 Å². The summed E-state index contributed by atoms with van der Waals surface area (Å²) in [7, 11) is -3.76. The molecule has 3 N–H and O–H groups in total. The van der Waals surface area contributed by atoms with Crippen molar-refractivity contribution in [3.8, 4) is 0 Å². The van der Waals surface area contributed by atoms with Crippen molar-refractivity contribution in [3.63, 3.8) is 0 Å². The second-order valence-electron chi connectivity index (χ2n) is 4.79. The zero-order chi connectivity index (χ0) is 13.3. The van der Waals surface area contributed by atoms with Gasteiger partial charge in [0.05, 0.1) is 4.90 Å². The highest BCUT2D eigenvalue weighted by molar-refractivity contribution is 7.89. The molecule has 1 unspecified atom stereocenters. The summed E-state index contributed by atoms with van der Waals surface area (Å²) in [5.41, 5.74) is 0.271. The topological polar surface area (TPSA) is 96.3 Å². The van der Waals surface area contributed by atoms with Crippen molar-refractivity contribution < 1.29 is 13.2 Å². The summed E-state index contributed by atoms with van der Waals surface area (Å²) in [4.78, 5) is 16.5. The highest BCUT2D eigenvalue weighted by atomic mass is 32.2. The minimum Gasteiger partial charge on any atom is -0.356 e. The lowest BCUT2D eigenvalue weighted by atomic mass is 10.0. The van der Waals surface area contributed by atoms with Gasteiger partial charge in [0.2, 0.25) is 10.0 Å². The minimum absolute atomic E-state index is 0.0593. The van der Waals surface area contributed by atoms with E-state index in [0.29, 0.717) is 19.0 Å². The highest BCUT2D eigenvalue weighted by Crippen LogP contribution is 2.18. The summed E-state index contributed by atoms with van der Waals surface area (Å²) in [6.45, 7) is 3.53. The first-order valence-electron chi connectivity index (χ1n) is 5.88. The van der Waals surface area contributed by atoms with E-state index in [1.54, 1.807) is 4.90 Å². The van der Waals surface area contributed by atoms with E-state index in [2.05, 4.69) is 11.9 Å². The molecule has 0 saturated carbocycles. The summed E-state index contributed by atoms with van der Waals surface area (Å²) in [6, 6.07) is 1.29. The van der Waals surface area contributed by atoms with Gasteiger partial charge in [-0.25, -0.2) is 13.6 Å². The van der Waals surface area contributed by atoms with Gasteiger partial charge >= 0.3 is 0 Å². The third kappa shape index (κ3) is 2.73. The molecule has 6 nitrogen and oxygen atoms in total. The van der Waals surface area contributed by atoms with Crippen molar-refractivity contribution >= 4 is 15.9 Å². The number of aromatic nitrogens is 1. The first-order chi connectivity index (χ1) is 8.38. The Bertz CT molecular complexity index is 550. The van der Waals surface area contributed by atoms with Crippen LogP contribution < -0.4 is 5.14 Å². The SMILES string of the molecule is CC1CCCN(C(=O)c2cc(S(N)(=O)=O)c[nH]2)C1. The fourth-order valence-electron chi connectivity index (χ4n) is 2.21. The summed E-state index contributed by atoms with van der Waals surface area (Å²) in [6.07, 6.45) is 3.35. The van der Waals surface area contributed by atoms with Gasteiger partial charge in [0.25, 0.3) is 5.91 Å². The number of primary sulfonamides is 1. The monoisotopic (exact) mass is 271 g/mol. The van der Waals surface area contributed by atoms with Gasteiger partial charge in [-0.1, -0.05) is 6.92 Å². The van der Waals surface area contributed by atoms with Gasteiger partial charge in [-0.05, 0) is 24.8 Å². The van der Waals surface area contributed by atoms with E-state index in [1.165, 1.54) is 12.3 Å². The number of sulfonamides is 1. The molecule has 1 aliphatic heterocycles. The Morgan fingerprint density at radius 1 is 1.56 bits per heavy atom. The van der Waals surface area contributed by atoms with Crippen molar-refractivity contribution in [1.82, 2.24) is 9.88 Å². The number of piperidine rings is 1. The zero-order valence-corrected chi connectivity index (χ0v) is 11.0. The van der Waals surface area contributed by atoms with Crippen molar-refractivity contribution in [1.29, 1.82) is 0 Å². The standard InChI is InChI=1S/C11H17N3O3S/c1-8-3-2-4-14(7-8)11(15)10-5-9(6-13-10)18(12,16)17/h5-6,8,13H,2-4,7H2,1H3,(H2,12,16,17). The third-order valence-corrected chi connectivity index (χ3v) is 4.05. The lowest BCUT2D eigenvalue weighted by Gasteiger charge is -2.30. The highest BCUT2D eigenvalue weighted by Gasteiger charge is 2.24. The maximum absolute atomic E-state index is 12.1. The molecule has 0 aromatic carbocycles. The van der Waals surface area contributed by atoms with Crippen LogP contribution in [-0.4, -0.2) is 37.3 Å². The molecule has 18 heavy (non-hydrogen) atoms. The number of carbonyl (C=O) groups is 1. The molecule has 1 aromatic heterocycles. The minimum atomic E-state index is -3.76. The molecule has 1 atom stereocenters. The number of hydrogen-bond donors (Lipinski definition) is 2. The van der Waals surface area contributed by atoms with Crippen LogP contribution in [0.3, 0.4) is 0 Å². The Morgan fingerprint density at radius 2 is 2.28 bits per heavy atom. The first-order valence-corrected chi connectivity index (χ1v) is 7.43. The van der Waals surface area contributed by atoms with Crippen molar-refractivity contribution in [2.24, 2.45) is 11.1 Å². The molecule has 2 heterocycles. The molecule has 0 spiro atoms. The maximum Gasteiger partial charge on any atom is 0.270 e. The lowest BCUT2D eigenvalue weighted by Crippen LogP contribution is -2.39. The maximum atomic E-state index is 12.1. The van der Waals surface area contributed by atoms with E-state index < -0.39 is 10.0 Å². The van der Waals surface area contributed by atoms with Crippen LogP contribution in [0.4, 0.5) is 0 Å². The zero-order valence-electron chi connectivity index (χ0n) is 10.2. The van der Waals surface area contributed by atoms with Gasteiger partial charge in [0.1, 0.15) is 5.69 Å². The summed E-state index contributed by atoms with van der Waals surface area (Å²) >= 11 is 0. The van der Waals surface area contributed by atoms with Crippen molar-refractivity contribution in [2.45, 2.75) is 24.7 Å². The molecular formula is C11H17N3O3S. The second-order valence-corrected chi connectivity index (χ2v) is 6.35. The van der Waals surface area contributed by atoms with Crippen molar-refractivity contribution in [2.75, 3.05) is 13.1 Å². The van der Waals surface area contributed by atoms with Crippen LogP contribution in [0.25, 0.3) is 0 Å². The third-order valence-electron chi connectivity index (χ3n) is 3.16. The van der Waals surface area contributed by atoms with Crippen LogP contribution in [0.1, 0.15) is 30.3 Å².